The van der Waals surface area contributed by atoms with E-state index in [9.17, 15) is 9.59 Å². The molecule has 144 valence electrons. The Bertz CT molecular complexity index is 613. The molecule has 0 spiro atoms. The molecule has 0 radical (unpaired) electrons. The molecule has 2 fully saturated rings. The van der Waals surface area contributed by atoms with Crippen LogP contribution in [0.15, 0.2) is 6.33 Å². The molecule has 1 aromatic rings. The highest BCUT2D eigenvalue weighted by Gasteiger charge is 2.33. The summed E-state index contributed by atoms with van der Waals surface area (Å²) in [6.07, 6.45) is 2.94. The van der Waals surface area contributed by atoms with Crippen molar-refractivity contribution in [3.8, 4) is 0 Å². The summed E-state index contributed by atoms with van der Waals surface area (Å²) in [6.45, 7) is 7.10. The van der Waals surface area contributed by atoms with E-state index in [1.165, 1.54) is 0 Å². The number of rotatable bonds is 6. The van der Waals surface area contributed by atoms with Crippen molar-refractivity contribution in [1.82, 2.24) is 30.3 Å². The lowest BCUT2D eigenvalue weighted by atomic mass is 9.88. The van der Waals surface area contributed by atoms with Crippen LogP contribution in [0.1, 0.15) is 19.2 Å². The molecule has 26 heavy (non-hydrogen) atoms. The number of carbonyl (C=O) groups is 2. The molecule has 0 bridgehead atoms. The second kappa shape index (κ2) is 9.09. The molecule has 9 heteroatoms. The maximum Gasteiger partial charge on any atom is 0.227 e. The second-order valence-electron chi connectivity index (χ2n) is 6.80. The van der Waals surface area contributed by atoms with E-state index in [1.54, 1.807) is 6.33 Å². The van der Waals surface area contributed by atoms with Crippen LogP contribution in [0.3, 0.4) is 0 Å². The topological polar surface area (TPSA) is 101 Å². The first-order chi connectivity index (χ1) is 12.7. The average Bonchev–Trinajstić information content (AvgIpc) is 3.15. The maximum atomic E-state index is 12.6. The fourth-order valence-electron chi connectivity index (χ4n) is 3.55. The summed E-state index contributed by atoms with van der Waals surface area (Å²) >= 11 is 0. The van der Waals surface area contributed by atoms with E-state index in [4.69, 9.17) is 4.74 Å². The number of hydrogen-bond donors (Lipinski definition) is 2. The van der Waals surface area contributed by atoms with Crippen LogP contribution in [0.5, 0.6) is 0 Å². The summed E-state index contributed by atoms with van der Waals surface area (Å²) in [6, 6.07) is 0. The third-order valence-electron chi connectivity index (χ3n) is 5.08. The number of aryl methyl sites for hydroxylation is 1. The minimum atomic E-state index is -0.178. The molecule has 2 aliphatic heterocycles. The Morgan fingerprint density at radius 2 is 2.08 bits per heavy atom. The van der Waals surface area contributed by atoms with Crippen molar-refractivity contribution in [3.05, 3.63) is 12.2 Å². The number of carbonyl (C=O) groups excluding carboxylic acids is 2. The average molecular weight is 364 g/mol. The van der Waals surface area contributed by atoms with Crippen LogP contribution in [-0.4, -0.2) is 77.4 Å². The van der Waals surface area contributed by atoms with E-state index in [1.807, 2.05) is 16.4 Å². The van der Waals surface area contributed by atoms with E-state index < -0.39 is 0 Å². The largest absolute Gasteiger partial charge is 0.378 e. The van der Waals surface area contributed by atoms with E-state index in [0.717, 1.165) is 12.4 Å². The number of amides is 2. The molecule has 9 nitrogen and oxygen atoms in total. The van der Waals surface area contributed by atoms with Gasteiger partial charge in [0.25, 0.3) is 0 Å². The Labute approximate surface area is 153 Å². The number of morpholine rings is 1. The summed E-state index contributed by atoms with van der Waals surface area (Å²) in [5.74, 6) is 0.687. The zero-order valence-electron chi connectivity index (χ0n) is 15.3. The zero-order valence-corrected chi connectivity index (χ0v) is 15.3. The van der Waals surface area contributed by atoms with Crippen LogP contribution in [-0.2, 0) is 27.3 Å². The van der Waals surface area contributed by atoms with Crippen molar-refractivity contribution in [1.29, 1.82) is 0 Å². The summed E-state index contributed by atoms with van der Waals surface area (Å²) in [5, 5.41) is 14.2. The van der Waals surface area contributed by atoms with Crippen molar-refractivity contribution in [3.63, 3.8) is 0 Å². The minimum Gasteiger partial charge on any atom is -0.378 e. The number of ether oxygens (including phenoxy) is 1. The van der Waals surface area contributed by atoms with Gasteiger partial charge in [0.2, 0.25) is 11.8 Å². The molecule has 0 aromatic carbocycles. The standard InChI is InChI=1S/C17H28N6O3/c1-2-22-12-20-21-15(22)3-4-19-16(24)13-9-14(11-18-10-13)17(25)23-5-7-26-8-6-23/h12-14,18H,2-11H2,1H3,(H,19,24)/t13-,14+/m1/s1. The van der Waals surface area contributed by atoms with E-state index in [2.05, 4.69) is 20.8 Å². The molecule has 0 unspecified atom stereocenters. The highest BCUT2D eigenvalue weighted by Crippen LogP contribution is 2.19. The normalized spacial score (nSPS) is 23.7. The van der Waals surface area contributed by atoms with Gasteiger partial charge in [-0.15, -0.1) is 10.2 Å². The lowest BCUT2D eigenvalue weighted by Gasteiger charge is -2.34. The molecule has 2 amide bonds. The first kappa shape index (κ1) is 18.8. The lowest BCUT2D eigenvalue weighted by Crippen LogP contribution is -2.51. The van der Waals surface area contributed by atoms with Gasteiger partial charge in [-0.3, -0.25) is 9.59 Å². The summed E-state index contributed by atoms with van der Waals surface area (Å²) in [5.41, 5.74) is 0. The molecular weight excluding hydrogens is 336 g/mol. The van der Waals surface area contributed by atoms with Crippen molar-refractivity contribution in [2.24, 2.45) is 11.8 Å². The van der Waals surface area contributed by atoms with Crippen LogP contribution in [0.4, 0.5) is 0 Å². The summed E-state index contributed by atoms with van der Waals surface area (Å²) in [7, 11) is 0. The molecule has 2 N–H and O–H groups in total. The van der Waals surface area contributed by atoms with E-state index in [-0.39, 0.29) is 23.7 Å². The predicted octanol–water partition coefficient (Wildman–Crippen LogP) is -0.959. The van der Waals surface area contributed by atoms with Gasteiger partial charge in [-0.1, -0.05) is 0 Å². The van der Waals surface area contributed by atoms with Gasteiger partial charge in [-0.25, -0.2) is 0 Å². The predicted molar refractivity (Wildman–Crippen MR) is 94.3 cm³/mol. The van der Waals surface area contributed by atoms with Gasteiger partial charge >= 0.3 is 0 Å². The van der Waals surface area contributed by atoms with Crippen LogP contribution < -0.4 is 10.6 Å². The van der Waals surface area contributed by atoms with Crippen molar-refractivity contribution in [2.75, 3.05) is 45.9 Å². The first-order valence-corrected chi connectivity index (χ1v) is 9.40. The fraction of sp³-hybridized carbons (Fsp3) is 0.765. The van der Waals surface area contributed by atoms with Gasteiger partial charge in [0.1, 0.15) is 12.2 Å². The molecule has 2 atom stereocenters. The zero-order chi connectivity index (χ0) is 18.4. The van der Waals surface area contributed by atoms with Crippen LogP contribution >= 0.6 is 0 Å². The first-order valence-electron chi connectivity index (χ1n) is 9.40. The molecule has 2 aliphatic rings. The third kappa shape index (κ3) is 4.59. The lowest BCUT2D eigenvalue weighted by molar-refractivity contribution is -0.141. The maximum absolute atomic E-state index is 12.6. The number of hydrogen-bond acceptors (Lipinski definition) is 6. The molecule has 3 heterocycles. The van der Waals surface area contributed by atoms with E-state index >= 15 is 0 Å². The Kier molecular flexibility index (Phi) is 6.56. The number of piperidine rings is 1. The Balaban J connectivity index is 1.46. The molecule has 3 rings (SSSR count). The van der Waals surface area contributed by atoms with Crippen LogP contribution in [0.2, 0.25) is 0 Å². The monoisotopic (exact) mass is 364 g/mol. The Morgan fingerprint density at radius 1 is 1.31 bits per heavy atom. The summed E-state index contributed by atoms with van der Waals surface area (Å²) < 4.78 is 7.27. The van der Waals surface area contributed by atoms with Crippen molar-refractivity contribution in [2.45, 2.75) is 26.3 Å². The van der Waals surface area contributed by atoms with Crippen LogP contribution in [0.25, 0.3) is 0 Å². The third-order valence-corrected chi connectivity index (χ3v) is 5.08. The number of nitrogens with zero attached hydrogens (tertiary/aromatic N) is 4. The molecule has 0 saturated carbocycles. The van der Waals surface area contributed by atoms with Gasteiger partial charge in [0.05, 0.1) is 25.0 Å². The molecule has 2 saturated heterocycles. The second-order valence-corrected chi connectivity index (χ2v) is 6.80. The smallest absolute Gasteiger partial charge is 0.227 e. The minimum absolute atomic E-state index is 0.000425. The van der Waals surface area contributed by atoms with Gasteiger partial charge in [-0.05, 0) is 13.3 Å². The SMILES string of the molecule is CCn1cnnc1CCNC(=O)[C@H]1CNC[C@@H](C(=O)N2CCOCC2)C1. The number of aromatic nitrogens is 3. The fourth-order valence-corrected chi connectivity index (χ4v) is 3.55. The number of nitrogens with one attached hydrogen (secondary N) is 2. The van der Waals surface area contributed by atoms with Gasteiger partial charge in [-0.2, -0.15) is 0 Å². The van der Waals surface area contributed by atoms with E-state index in [0.29, 0.717) is 58.8 Å². The van der Waals surface area contributed by atoms with Gasteiger partial charge < -0.3 is 24.8 Å². The Morgan fingerprint density at radius 3 is 2.85 bits per heavy atom. The summed E-state index contributed by atoms with van der Waals surface area (Å²) in [4.78, 5) is 27.0. The molecule has 0 aliphatic carbocycles. The molecule has 1 aromatic heterocycles. The highest BCUT2D eigenvalue weighted by molar-refractivity contribution is 5.83. The van der Waals surface area contributed by atoms with Crippen molar-refractivity contribution >= 4 is 11.8 Å². The Hall–Kier alpha value is -2.00. The quantitative estimate of drug-likeness (QED) is 0.674. The molecular formula is C17H28N6O3. The van der Waals surface area contributed by atoms with Crippen LogP contribution in [0, 0.1) is 11.8 Å². The van der Waals surface area contributed by atoms with Gasteiger partial charge in [0, 0.05) is 45.7 Å². The highest BCUT2D eigenvalue weighted by atomic mass is 16.5. The van der Waals surface area contributed by atoms with Crippen molar-refractivity contribution < 1.29 is 14.3 Å². The van der Waals surface area contributed by atoms with Gasteiger partial charge in [0.15, 0.2) is 0 Å².